The van der Waals surface area contributed by atoms with Crippen LogP contribution in [0.2, 0.25) is 18.1 Å². The number of aromatic amines is 1. The van der Waals surface area contributed by atoms with Crippen LogP contribution in [-0.4, -0.2) is 50.9 Å². The zero-order valence-electron chi connectivity index (χ0n) is 27.8. The van der Waals surface area contributed by atoms with Crippen LogP contribution in [0.5, 0.6) is 11.5 Å². The van der Waals surface area contributed by atoms with Crippen molar-refractivity contribution in [2.75, 3.05) is 20.8 Å². The summed E-state index contributed by atoms with van der Waals surface area (Å²) in [5, 5.41) is -0.0890. The van der Waals surface area contributed by atoms with Crippen LogP contribution in [0, 0.1) is 10.1 Å². The Bertz CT molecular complexity index is 1720. The van der Waals surface area contributed by atoms with E-state index in [1.54, 1.807) is 14.2 Å². The minimum Gasteiger partial charge on any atom is -0.497 e. The zero-order chi connectivity index (χ0) is 34.0. The Labute approximate surface area is 290 Å². The lowest BCUT2D eigenvalue weighted by molar-refractivity contribution is -0.0853. The first-order valence-electron chi connectivity index (χ1n) is 15.5. The van der Waals surface area contributed by atoms with Gasteiger partial charge in [0.05, 0.1) is 36.7 Å². The van der Waals surface area contributed by atoms with Gasteiger partial charge < -0.3 is 23.4 Å². The number of nitrogens with one attached hydrogen (secondary N) is 1. The van der Waals surface area contributed by atoms with E-state index in [4.69, 9.17) is 23.4 Å². The van der Waals surface area contributed by atoms with Gasteiger partial charge in [0, 0.05) is 12.5 Å². The molecule has 0 unspecified atom stereocenters. The minimum absolute atomic E-state index is 0.0890. The van der Waals surface area contributed by atoms with Crippen LogP contribution < -0.4 is 20.7 Å². The Morgan fingerprint density at radius 1 is 0.851 bits per heavy atom. The van der Waals surface area contributed by atoms with Gasteiger partial charge in [0.15, 0.2) is 14.5 Å². The number of halogens is 1. The third kappa shape index (κ3) is 7.29. The summed E-state index contributed by atoms with van der Waals surface area (Å²) in [6, 6.07) is 27.1. The van der Waals surface area contributed by atoms with Crippen LogP contribution in [-0.2, 0) is 19.5 Å². The standard InChI is InChI=1S/C36H42IN2O7Si/c1-35(2,3)47(6,7)46-30-21-29(45-33(30)39-31(37)22-32(40)38-34(39)41)23-44-36(24-11-9-8-10-12-24,25-13-17-27(42-4)18-14-25)26-15-19-28(43-5)20-16-26/h8-22,29-30,33H,23H2,1-7H3,(H,38,40,41)/t29-,30-,33-/m1/s1. The molecule has 0 aliphatic carbocycles. The molecule has 3 aromatic carbocycles. The maximum Gasteiger partial charge on any atom is 0.331 e. The molecule has 0 spiro atoms. The summed E-state index contributed by atoms with van der Waals surface area (Å²) in [5.74, 6) is 1.46. The van der Waals surface area contributed by atoms with Gasteiger partial charge in [0.2, 0.25) is 0 Å². The van der Waals surface area contributed by atoms with E-state index in [0.717, 1.165) is 28.2 Å². The summed E-state index contributed by atoms with van der Waals surface area (Å²) in [7, 11) is 0.957. The highest BCUT2D eigenvalue weighted by Gasteiger charge is 2.47. The molecule has 9 nitrogen and oxygen atoms in total. The Hall–Kier alpha value is -3.23. The summed E-state index contributed by atoms with van der Waals surface area (Å²) in [6.07, 6.45) is 0.0668. The van der Waals surface area contributed by atoms with Crippen molar-refractivity contribution in [3.63, 3.8) is 0 Å². The van der Waals surface area contributed by atoms with Crippen molar-refractivity contribution < 1.29 is 23.4 Å². The van der Waals surface area contributed by atoms with E-state index in [-0.39, 0.29) is 11.6 Å². The first kappa shape index (κ1) is 35.1. The van der Waals surface area contributed by atoms with Crippen molar-refractivity contribution in [3.05, 3.63) is 133 Å². The van der Waals surface area contributed by atoms with Crippen LogP contribution in [0.3, 0.4) is 0 Å². The first-order valence-corrected chi connectivity index (χ1v) is 19.5. The molecule has 1 aromatic heterocycles. The molecule has 1 fully saturated rings. The highest BCUT2D eigenvalue weighted by atomic mass is 127. The molecule has 1 saturated heterocycles. The van der Waals surface area contributed by atoms with Crippen molar-refractivity contribution in [1.29, 1.82) is 0 Å². The van der Waals surface area contributed by atoms with Gasteiger partial charge >= 0.3 is 5.69 Å². The number of aromatic nitrogens is 2. The van der Waals surface area contributed by atoms with Crippen LogP contribution in [0.1, 0.15) is 43.7 Å². The molecule has 4 aromatic rings. The van der Waals surface area contributed by atoms with E-state index in [0.29, 0.717) is 3.70 Å². The van der Waals surface area contributed by atoms with E-state index in [9.17, 15) is 9.59 Å². The number of hydrogen-bond acceptors (Lipinski definition) is 7. The molecule has 11 heteroatoms. The molecule has 5 rings (SSSR count). The lowest BCUT2D eigenvalue weighted by Gasteiger charge is -2.39. The fourth-order valence-corrected chi connectivity index (χ4v) is 7.53. The van der Waals surface area contributed by atoms with Crippen LogP contribution in [0.4, 0.5) is 0 Å². The highest BCUT2D eigenvalue weighted by molar-refractivity contribution is 14.1. The maximum absolute atomic E-state index is 13.2. The van der Waals surface area contributed by atoms with Gasteiger partial charge in [0.1, 0.15) is 17.1 Å². The third-order valence-corrected chi connectivity index (χ3v) is 14.4. The largest absolute Gasteiger partial charge is 0.497 e. The lowest BCUT2D eigenvalue weighted by Crippen LogP contribution is -2.47. The molecule has 0 bridgehead atoms. The van der Waals surface area contributed by atoms with Gasteiger partial charge in [-0.1, -0.05) is 75.4 Å². The lowest BCUT2D eigenvalue weighted by atomic mass is 9.80. The molecule has 249 valence electrons. The van der Waals surface area contributed by atoms with E-state index in [1.807, 2.05) is 108 Å². The molecule has 0 amide bonds. The van der Waals surface area contributed by atoms with Crippen LogP contribution in [0.15, 0.2) is 94.5 Å². The van der Waals surface area contributed by atoms with E-state index in [2.05, 4.69) is 38.8 Å². The van der Waals surface area contributed by atoms with Gasteiger partial charge in [-0.05, 0) is 81.7 Å². The molecule has 1 aliphatic rings. The van der Waals surface area contributed by atoms with Crippen LogP contribution >= 0.6 is 22.6 Å². The number of benzene rings is 3. The van der Waals surface area contributed by atoms with Crippen molar-refractivity contribution in [2.45, 2.75) is 62.9 Å². The number of ether oxygens (including phenoxy) is 4. The summed E-state index contributed by atoms with van der Waals surface area (Å²) in [6.45, 7) is 11.0. The van der Waals surface area contributed by atoms with E-state index in [1.165, 1.54) is 10.6 Å². The average Bonchev–Trinajstić information content (AvgIpc) is 3.42. The molecular weight excluding hydrogens is 727 g/mol. The average molecular weight is 770 g/mol. The van der Waals surface area contributed by atoms with Crippen molar-refractivity contribution in [1.82, 2.24) is 9.55 Å². The quantitative estimate of drug-likeness (QED) is 0.0789. The Kier molecular flexibility index (Phi) is 10.5. The smallest absolute Gasteiger partial charge is 0.331 e. The maximum atomic E-state index is 13.2. The van der Waals surface area contributed by atoms with Gasteiger partial charge in [-0.15, -0.1) is 0 Å². The number of hydrogen-bond donors (Lipinski definition) is 1. The van der Waals surface area contributed by atoms with Gasteiger partial charge in [0.25, 0.3) is 5.56 Å². The Morgan fingerprint density at radius 2 is 1.38 bits per heavy atom. The summed E-state index contributed by atoms with van der Waals surface area (Å²) < 4.78 is 33.4. The molecule has 2 heterocycles. The molecule has 1 N–H and O–H groups in total. The van der Waals surface area contributed by atoms with Crippen LogP contribution in [0.25, 0.3) is 0 Å². The second-order valence-electron chi connectivity index (χ2n) is 13.0. The predicted molar refractivity (Wildman–Crippen MR) is 193 cm³/mol. The fourth-order valence-electron chi connectivity index (χ4n) is 5.52. The molecule has 47 heavy (non-hydrogen) atoms. The normalized spacial score (nSPS) is 18.7. The topological polar surface area (TPSA) is 101 Å². The molecule has 3 atom stereocenters. The predicted octanol–water partition coefficient (Wildman–Crippen LogP) is 6.66. The summed E-state index contributed by atoms with van der Waals surface area (Å²) in [5.41, 5.74) is 0.639. The van der Waals surface area contributed by atoms with E-state index >= 15 is 0 Å². The first-order chi connectivity index (χ1) is 22.3. The minimum atomic E-state index is -2.32. The molecule has 0 saturated carbocycles. The second-order valence-corrected chi connectivity index (χ2v) is 18.9. The molecule has 1 aliphatic heterocycles. The zero-order valence-corrected chi connectivity index (χ0v) is 30.9. The third-order valence-electron chi connectivity index (χ3n) is 9.06. The van der Waals surface area contributed by atoms with Crippen molar-refractivity contribution in [2.24, 2.45) is 0 Å². The molecule has 1 radical (unpaired) electrons. The van der Waals surface area contributed by atoms with Crippen molar-refractivity contribution in [3.8, 4) is 11.5 Å². The highest BCUT2D eigenvalue weighted by Crippen LogP contribution is 2.44. The Morgan fingerprint density at radius 3 is 1.87 bits per heavy atom. The molecular formula is C36H42IN2O7Si. The second kappa shape index (κ2) is 14.1. The Balaban J connectivity index is 1.57. The monoisotopic (exact) mass is 769 g/mol. The van der Waals surface area contributed by atoms with Crippen molar-refractivity contribution >= 4 is 30.9 Å². The van der Waals surface area contributed by atoms with Gasteiger partial charge in [-0.2, -0.15) is 0 Å². The van der Waals surface area contributed by atoms with Gasteiger partial charge in [-0.25, -0.2) is 4.79 Å². The summed E-state index contributed by atoms with van der Waals surface area (Å²) in [4.78, 5) is 27.6. The number of rotatable bonds is 11. The summed E-state index contributed by atoms with van der Waals surface area (Å²) >= 11 is 1.99. The number of nitrogens with zero attached hydrogens (tertiary/aromatic N) is 1. The fraction of sp³-hybridized carbons (Fsp3) is 0.361. The SMILES string of the molecule is COc1ccc(C(OC[C@H]2[CH][C@@H](O[Si](C)(C)C(C)(C)C)[C@H](n3c(I)cc(=O)[nH]c3=O)O2)(c2ccccc2)c2ccc(OC)cc2)cc1. The van der Waals surface area contributed by atoms with Gasteiger partial charge in [-0.3, -0.25) is 14.3 Å². The number of H-pyrrole nitrogens is 1. The number of methoxy groups -OCH3 is 2. The van der Waals surface area contributed by atoms with E-state index < -0.39 is 43.6 Å².